The molecule has 2 N–H and O–H groups in total. The highest BCUT2D eigenvalue weighted by atomic mass is 16.3. The highest BCUT2D eigenvalue weighted by Gasteiger charge is 2.05. The van der Waals surface area contributed by atoms with E-state index < -0.39 is 0 Å². The summed E-state index contributed by atoms with van der Waals surface area (Å²) in [6.07, 6.45) is 3.34. The lowest BCUT2D eigenvalue weighted by Gasteiger charge is -2.00. The van der Waals surface area contributed by atoms with Crippen LogP contribution in [0.15, 0.2) is 41.3 Å². The highest BCUT2D eigenvalue weighted by molar-refractivity contribution is 5.37. The van der Waals surface area contributed by atoms with Crippen LogP contribution in [0.5, 0.6) is 0 Å². The Hall–Kier alpha value is -2.37. The van der Waals surface area contributed by atoms with Gasteiger partial charge >= 0.3 is 5.65 Å². The molecule has 0 aliphatic carbocycles. The monoisotopic (exact) mass is 216 g/mol. The van der Waals surface area contributed by atoms with Gasteiger partial charge in [-0.3, -0.25) is 0 Å². The van der Waals surface area contributed by atoms with Gasteiger partial charge in [-0.15, -0.1) is 9.61 Å². The Balaban J connectivity index is 1.78. The molecular formula is C10H10N5O+. The van der Waals surface area contributed by atoms with Crippen molar-refractivity contribution in [1.82, 2.24) is 15.3 Å². The molecule has 3 rings (SSSR count). The molecule has 0 atom stereocenters. The molecule has 0 radical (unpaired) electrons. The molecule has 0 saturated carbocycles. The van der Waals surface area contributed by atoms with Crippen molar-refractivity contribution in [2.75, 3.05) is 5.32 Å². The number of H-pyrrole nitrogens is 1. The summed E-state index contributed by atoms with van der Waals surface area (Å²) < 4.78 is 6.88. The molecule has 0 bridgehead atoms. The first-order chi connectivity index (χ1) is 7.92. The van der Waals surface area contributed by atoms with Crippen molar-refractivity contribution in [3.8, 4) is 0 Å². The maximum atomic E-state index is 5.21. The fourth-order valence-electron chi connectivity index (χ4n) is 1.45. The lowest BCUT2D eigenvalue weighted by molar-refractivity contribution is -0.579. The smallest absolute Gasteiger partial charge is 0.325 e. The summed E-state index contributed by atoms with van der Waals surface area (Å²) in [6, 6.07) is 7.53. The van der Waals surface area contributed by atoms with E-state index in [4.69, 9.17) is 4.42 Å². The van der Waals surface area contributed by atoms with E-state index in [2.05, 4.69) is 20.6 Å². The molecule has 16 heavy (non-hydrogen) atoms. The van der Waals surface area contributed by atoms with E-state index in [9.17, 15) is 0 Å². The van der Waals surface area contributed by atoms with E-state index in [1.54, 1.807) is 17.1 Å². The van der Waals surface area contributed by atoms with Gasteiger partial charge in [-0.25, -0.2) is 0 Å². The van der Waals surface area contributed by atoms with Crippen LogP contribution in [0.25, 0.3) is 5.65 Å². The van der Waals surface area contributed by atoms with Gasteiger partial charge in [0.1, 0.15) is 5.76 Å². The Labute approximate surface area is 90.9 Å². The minimum absolute atomic E-state index is 0.615. The molecular weight excluding hydrogens is 206 g/mol. The summed E-state index contributed by atoms with van der Waals surface area (Å²) in [5, 5.41) is 14.2. The maximum absolute atomic E-state index is 5.21. The van der Waals surface area contributed by atoms with Crippen molar-refractivity contribution < 1.29 is 8.93 Å². The van der Waals surface area contributed by atoms with Crippen molar-refractivity contribution >= 4 is 11.5 Å². The lowest BCUT2D eigenvalue weighted by atomic mass is 10.4. The molecule has 0 saturated heterocycles. The van der Waals surface area contributed by atoms with E-state index in [1.165, 1.54) is 0 Å². The first-order valence-electron chi connectivity index (χ1n) is 4.90. The summed E-state index contributed by atoms with van der Waals surface area (Å²) in [7, 11) is 0. The topological polar surface area (TPSA) is 70.8 Å². The van der Waals surface area contributed by atoms with E-state index in [0.29, 0.717) is 6.54 Å². The third kappa shape index (κ3) is 1.60. The molecule has 0 aromatic carbocycles. The Bertz CT molecular complexity index is 586. The van der Waals surface area contributed by atoms with Crippen molar-refractivity contribution in [2.24, 2.45) is 0 Å². The average molecular weight is 216 g/mol. The van der Waals surface area contributed by atoms with Gasteiger partial charge in [0.15, 0.2) is 5.82 Å². The van der Waals surface area contributed by atoms with Crippen molar-refractivity contribution in [2.45, 2.75) is 6.54 Å². The van der Waals surface area contributed by atoms with Gasteiger partial charge in [0, 0.05) is 11.2 Å². The summed E-state index contributed by atoms with van der Waals surface area (Å²) in [6.45, 7) is 0.615. The zero-order valence-corrected chi connectivity index (χ0v) is 8.42. The summed E-state index contributed by atoms with van der Waals surface area (Å²) in [5.74, 6) is 1.65. The molecule has 80 valence electrons. The number of fused-ring (bicyclic) bond motifs is 1. The van der Waals surface area contributed by atoms with Crippen LogP contribution >= 0.6 is 0 Å². The third-order valence-corrected chi connectivity index (χ3v) is 2.22. The normalized spacial score (nSPS) is 10.8. The predicted molar refractivity (Wildman–Crippen MR) is 55.6 cm³/mol. The first kappa shape index (κ1) is 8.90. The van der Waals surface area contributed by atoms with E-state index in [1.807, 2.05) is 24.3 Å². The fraction of sp³-hybridized carbons (Fsp3) is 0.100. The number of rotatable bonds is 3. The van der Waals surface area contributed by atoms with Crippen LogP contribution in [0.1, 0.15) is 5.76 Å². The molecule has 0 amide bonds. The van der Waals surface area contributed by atoms with E-state index in [-0.39, 0.29) is 0 Å². The molecule has 0 fully saturated rings. The standard InChI is InChI=1S/C10H9N5O/c1-2-8(16-5-1)6-11-9-3-4-10-13-12-7-15(10)14-9/h1-5,7H,6H2,(H,11,14)/p+1. The van der Waals surface area contributed by atoms with Gasteiger partial charge in [-0.2, -0.15) is 0 Å². The molecule has 0 aliphatic heterocycles. The number of hydrogen-bond acceptors (Lipinski definition) is 4. The number of nitrogens with zero attached hydrogens (tertiary/aromatic N) is 3. The third-order valence-electron chi connectivity index (χ3n) is 2.22. The molecule has 0 unspecified atom stereocenters. The quantitative estimate of drug-likeness (QED) is 0.634. The average Bonchev–Trinajstić information content (AvgIpc) is 2.97. The van der Waals surface area contributed by atoms with E-state index in [0.717, 1.165) is 17.2 Å². The van der Waals surface area contributed by atoms with Crippen LogP contribution in [0.3, 0.4) is 0 Å². The number of nitrogens with one attached hydrogen (secondary N) is 2. The summed E-state index contributed by atoms with van der Waals surface area (Å²) in [4.78, 5) is 0. The minimum Gasteiger partial charge on any atom is -0.467 e. The van der Waals surface area contributed by atoms with Gasteiger partial charge in [-0.05, 0) is 18.2 Å². The van der Waals surface area contributed by atoms with E-state index >= 15 is 0 Å². The van der Waals surface area contributed by atoms with Gasteiger partial charge in [0.2, 0.25) is 6.33 Å². The number of anilines is 1. The SMILES string of the molecule is c1coc(CNc2ccc3n[nH]c[n+]3n2)c1. The van der Waals surface area contributed by atoms with Crippen LogP contribution in [0, 0.1) is 0 Å². The Morgan fingerprint density at radius 2 is 2.38 bits per heavy atom. The summed E-state index contributed by atoms with van der Waals surface area (Å²) >= 11 is 0. The minimum atomic E-state index is 0.615. The van der Waals surface area contributed by atoms with Crippen molar-refractivity contribution in [3.05, 3.63) is 42.6 Å². The largest absolute Gasteiger partial charge is 0.467 e. The second kappa shape index (κ2) is 3.65. The Morgan fingerprint density at radius 3 is 3.25 bits per heavy atom. The van der Waals surface area contributed by atoms with Crippen LogP contribution in [-0.2, 0) is 6.54 Å². The van der Waals surface area contributed by atoms with Gasteiger partial charge in [0.05, 0.1) is 12.8 Å². The summed E-state index contributed by atoms with van der Waals surface area (Å²) in [5.41, 5.74) is 0.781. The Morgan fingerprint density at radius 1 is 1.38 bits per heavy atom. The van der Waals surface area contributed by atoms with Crippen LogP contribution in [0.2, 0.25) is 0 Å². The number of aromatic nitrogens is 4. The highest BCUT2D eigenvalue weighted by Crippen LogP contribution is 2.05. The van der Waals surface area contributed by atoms with Crippen LogP contribution < -0.4 is 9.83 Å². The number of furan rings is 1. The zero-order chi connectivity index (χ0) is 10.8. The van der Waals surface area contributed by atoms with Crippen molar-refractivity contribution in [1.29, 1.82) is 0 Å². The lowest BCUT2D eigenvalue weighted by Crippen LogP contribution is -2.24. The molecule has 3 heterocycles. The van der Waals surface area contributed by atoms with Crippen LogP contribution in [0.4, 0.5) is 5.82 Å². The number of hydrogen-bond donors (Lipinski definition) is 2. The van der Waals surface area contributed by atoms with Crippen LogP contribution in [-0.4, -0.2) is 15.3 Å². The van der Waals surface area contributed by atoms with Crippen molar-refractivity contribution in [3.63, 3.8) is 0 Å². The molecule has 6 heteroatoms. The van der Waals surface area contributed by atoms with Gasteiger partial charge in [0.25, 0.3) is 0 Å². The maximum Gasteiger partial charge on any atom is 0.325 e. The number of aromatic amines is 1. The second-order valence-corrected chi connectivity index (χ2v) is 3.32. The fourth-order valence-corrected chi connectivity index (χ4v) is 1.45. The predicted octanol–water partition coefficient (Wildman–Crippen LogP) is 0.748. The second-order valence-electron chi connectivity index (χ2n) is 3.32. The van der Waals surface area contributed by atoms with Gasteiger partial charge in [-0.1, -0.05) is 5.10 Å². The molecule has 3 aromatic rings. The molecule has 6 nitrogen and oxygen atoms in total. The van der Waals surface area contributed by atoms with Gasteiger partial charge < -0.3 is 9.73 Å². The molecule has 3 aromatic heterocycles. The molecule has 0 spiro atoms. The zero-order valence-electron chi connectivity index (χ0n) is 8.42. The first-order valence-corrected chi connectivity index (χ1v) is 4.90. The Kier molecular flexibility index (Phi) is 2.03. The molecule has 0 aliphatic rings.